The summed E-state index contributed by atoms with van der Waals surface area (Å²) in [5.41, 5.74) is 0.723. The summed E-state index contributed by atoms with van der Waals surface area (Å²) in [4.78, 5) is 15.5. The highest BCUT2D eigenvalue weighted by Crippen LogP contribution is 2.10. The Balaban J connectivity index is 1.83. The second-order valence-electron chi connectivity index (χ2n) is 5.02. The predicted octanol–water partition coefficient (Wildman–Crippen LogP) is 1.86. The normalized spacial score (nSPS) is 12.2. The number of rotatable bonds is 8. The van der Waals surface area contributed by atoms with E-state index in [1.807, 2.05) is 0 Å². The first kappa shape index (κ1) is 19.1. The van der Waals surface area contributed by atoms with Crippen molar-refractivity contribution in [3.63, 3.8) is 0 Å². The Kier molecular flexibility index (Phi) is 7.11. The van der Waals surface area contributed by atoms with Crippen molar-refractivity contribution >= 4 is 17.2 Å². The van der Waals surface area contributed by atoms with Crippen LogP contribution in [0.2, 0.25) is 0 Å². The summed E-state index contributed by atoms with van der Waals surface area (Å²) in [6.07, 6.45) is 3.05. The van der Waals surface area contributed by atoms with Gasteiger partial charge in [0.25, 0.3) is 0 Å². The van der Waals surface area contributed by atoms with Crippen LogP contribution in [0.3, 0.4) is 0 Å². The zero-order valence-corrected chi connectivity index (χ0v) is 13.9. The Morgan fingerprint density at radius 2 is 2.04 bits per heavy atom. The number of carbonyl (C=O) groups excluding carboxylic acids is 1. The van der Waals surface area contributed by atoms with Crippen LogP contribution in [0.4, 0.5) is 8.78 Å². The number of hydrogen-bond donors (Lipinski definition) is 0. The van der Waals surface area contributed by atoms with E-state index in [-0.39, 0.29) is 31.7 Å². The number of ether oxygens (including phenoxy) is 1. The highest BCUT2D eigenvalue weighted by molar-refractivity contribution is 7.76. The number of carbonyl (C=O) groups is 1. The van der Waals surface area contributed by atoms with Crippen LogP contribution in [0.15, 0.2) is 42.7 Å². The number of aromatic nitrogens is 1. The van der Waals surface area contributed by atoms with E-state index >= 15 is 0 Å². The SMILES string of the molecule is O=C(OCCN(CCc1ccc(F)c(F)c1)S(=O)[O-])c1cccnc1. The fraction of sp³-hybridized carbons (Fsp3) is 0.250. The molecule has 0 amide bonds. The number of benzene rings is 1. The summed E-state index contributed by atoms with van der Waals surface area (Å²) < 4.78 is 54.5. The molecule has 25 heavy (non-hydrogen) atoms. The molecule has 0 fully saturated rings. The van der Waals surface area contributed by atoms with Crippen LogP contribution in [0, 0.1) is 11.6 Å². The average Bonchev–Trinajstić information content (AvgIpc) is 2.61. The van der Waals surface area contributed by atoms with Gasteiger partial charge in [-0.3, -0.25) is 9.19 Å². The Labute approximate surface area is 145 Å². The molecular weight excluding hydrogens is 354 g/mol. The number of pyridine rings is 1. The third kappa shape index (κ3) is 5.96. The molecule has 0 bridgehead atoms. The number of nitrogens with zero attached hydrogens (tertiary/aromatic N) is 2. The van der Waals surface area contributed by atoms with Gasteiger partial charge in [0.2, 0.25) is 0 Å². The molecule has 2 rings (SSSR count). The maximum Gasteiger partial charge on any atom is 0.339 e. The van der Waals surface area contributed by atoms with Crippen molar-refractivity contribution in [2.45, 2.75) is 6.42 Å². The Morgan fingerprint density at radius 3 is 2.68 bits per heavy atom. The molecule has 0 aliphatic carbocycles. The van der Waals surface area contributed by atoms with Gasteiger partial charge < -0.3 is 9.29 Å². The van der Waals surface area contributed by atoms with Gasteiger partial charge in [-0.05, 0) is 36.2 Å². The van der Waals surface area contributed by atoms with Crippen LogP contribution < -0.4 is 0 Å². The van der Waals surface area contributed by atoms with Gasteiger partial charge in [0, 0.05) is 36.7 Å². The van der Waals surface area contributed by atoms with Crippen LogP contribution >= 0.6 is 0 Å². The van der Waals surface area contributed by atoms with Gasteiger partial charge in [-0.25, -0.2) is 17.9 Å². The molecule has 0 spiro atoms. The quantitative estimate of drug-likeness (QED) is 0.524. The van der Waals surface area contributed by atoms with Gasteiger partial charge in [0.1, 0.15) is 6.61 Å². The van der Waals surface area contributed by atoms with Crippen molar-refractivity contribution < 1.29 is 27.1 Å². The third-order valence-electron chi connectivity index (χ3n) is 3.32. The minimum absolute atomic E-state index is 0.0472. The van der Waals surface area contributed by atoms with Crippen LogP contribution in [-0.2, 0) is 22.4 Å². The van der Waals surface area contributed by atoms with Crippen LogP contribution in [0.1, 0.15) is 15.9 Å². The first-order valence-corrected chi connectivity index (χ1v) is 8.36. The van der Waals surface area contributed by atoms with E-state index in [0.29, 0.717) is 5.56 Å². The molecule has 1 heterocycles. The lowest BCUT2D eigenvalue weighted by molar-refractivity contribution is 0.0488. The maximum atomic E-state index is 13.1. The first-order valence-electron chi connectivity index (χ1n) is 7.33. The minimum Gasteiger partial charge on any atom is -0.760 e. The summed E-state index contributed by atoms with van der Waals surface area (Å²) in [5.74, 6) is -2.56. The minimum atomic E-state index is -2.53. The Bertz CT molecular complexity index is 746. The molecule has 1 aromatic heterocycles. The van der Waals surface area contributed by atoms with Crippen molar-refractivity contribution in [1.29, 1.82) is 0 Å². The zero-order chi connectivity index (χ0) is 18.2. The summed E-state index contributed by atoms with van der Waals surface area (Å²) in [6.45, 7) is -0.142. The molecule has 134 valence electrons. The fourth-order valence-corrected chi connectivity index (χ4v) is 2.48. The highest BCUT2D eigenvalue weighted by atomic mass is 32.2. The van der Waals surface area contributed by atoms with Crippen LogP contribution in [0.25, 0.3) is 0 Å². The largest absolute Gasteiger partial charge is 0.760 e. The standard InChI is InChI=1S/C16H16F2N2O4S/c17-14-4-3-12(10-15(14)18)5-7-20(25(22)23)8-9-24-16(21)13-2-1-6-19-11-13/h1-4,6,10-11H,5,7-9H2,(H,22,23)/p-1. The van der Waals surface area contributed by atoms with E-state index in [4.69, 9.17) is 4.74 Å². The lowest BCUT2D eigenvalue weighted by Gasteiger charge is -2.23. The summed E-state index contributed by atoms with van der Waals surface area (Å²) >= 11 is -2.53. The van der Waals surface area contributed by atoms with E-state index in [1.165, 1.54) is 24.5 Å². The van der Waals surface area contributed by atoms with Crippen molar-refractivity contribution in [2.24, 2.45) is 0 Å². The highest BCUT2D eigenvalue weighted by Gasteiger charge is 2.11. The fourth-order valence-electron chi connectivity index (χ4n) is 2.02. The average molecular weight is 369 g/mol. The van der Waals surface area contributed by atoms with Gasteiger partial charge >= 0.3 is 5.97 Å². The Morgan fingerprint density at radius 1 is 1.24 bits per heavy atom. The molecule has 0 saturated heterocycles. The molecule has 1 unspecified atom stereocenters. The van der Waals surface area contributed by atoms with E-state index in [9.17, 15) is 22.3 Å². The second kappa shape index (κ2) is 9.30. The molecule has 0 saturated carbocycles. The molecule has 0 N–H and O–H groups in total. The number of esters is 1. The molecule has 1 atom stereocenters. The van der Waals surface area contributed by atoms with Crippen LogP contribution in [0.5, 0.6) is 0 Å². The summed E-state index contributed by atoms with van der Waals surface area (Å²) in [6, 6.07) is 6.49. The van der Waals surface area contributed by atoms with Gasteiger partial charge in [-0.1, -0.05) is 6.07 Å². The molecule has 9 heteroatoms. The maximum absolute atomic E-state index is 13.1. The van der Waals surface area contributed by atoms with E-state index in [2.05, 4.69) is 4.98 Å². The molecule has 0 aliphatic rings. The first-order chi connectivity index (χ1) is 12.0. The monoisotopic (exact) mass is 369 g/mol. The number of halogens is 2. The third-order valence-corrected chi connectivity index (χ3v) is 4.10. The van der Waals surface area contributed by atoms with Gasteiger partial charge in [0.15, 0.2) is 11.6 Å². The molecule has 1 aromatic carbocycles. The van der Waals surface area contributed by atoms with Gasteiger partial charge in [-0.15, -0.1) is 0 Å². The van der Waals surface area contributed by atoms with E-state index in [1.54, 1.807) is 6.07 Å². The van der Waals surface area contributed by atoms with E-state index in [0.717, 1.165) is 16.4 Å². The zero-order valence-electron chi connectivity index (χ0n) is 13.1. The van der Waals surface area contributed by atoms with Crippen LogP contribution in [-0.4, -0.2) is 43.7 Å². The summed E-state index contributed by atoms with van der Waals surface area (Å²) in [7, 11) is 0. The molecule has 0 aliphatic heterocycles. The smallest absolute Gasteiger partial charge is 0.339 e. The second-order valence-corrected chi connectivity index (χ2v) is 5.97. The number of hydrogen-bond acceptors (Lipinski definition) is 5. The van der Waals surface area contributed by atoms with Crippen molar-refractivity contribution in [3.8, 4) is 0 Å². The summed E-state index contributed by atoms with van der Waals surface area (Å²) in [5, 5.41) is 0. The molecule has 2 aromatic rings. The van der Waals surface area contributed by atoms with Gasteiger partial charge in [-0.2, -0.15) is 0 Å². The van der Waals surface area contributed by atoms with Crippen molar-refractivity contribution in [3.05, 3.63) is 65.5 Å². The van der Waals surface area contributed by atoms with Gasteiger partial charge in [0.05, 0.1) is 5.56 Å². The molecule has 6 nitrogen and oxygen atoms in total. The van der Waals surface area contributed by atoms with E-state index < -0.39 is 28.9 Å². The predicted molar refractivity (Wildman–Crippen MR) is 85.1 cm³/mol. The lowest BCUT2D eigenvalue weighted by Crippen LogP contribution is -2.32. The molecule has 0 radical (unpaired) electrons. The van der Waals surface area contributed by atoms with Crippen molar-refractivity contribution in [1.82, 2.24) is 9.29 Å². The lowest BCUT2D eigenvalue weighted by atomic mass is 10.1. The molecular formula is C16H15F2N2O4S-. The Hall–Kier alpha value is -2.23. The van der Waals surface area contributed by atoms with Crippen molar-refractivity contribution in [2.75, 3.05) is 19.7 Å². The topological polar surface area (TPSA) is 82.6 Å².